The Morgan fingerprint density at radius 2 is 2.27 bits per heavy atom. The van der Waals surface area contributed by atoms with Gasteiger partial charge in [0.05, 0.1) is 12.9 Å². The highest BCUT2D eigenvalue weighted by atomic mass is 79.9. The predicted molar refractivity (Wildman–Crippen MR) is 59.1 cm³/mol. The summed E-state index contributed by atoms with van der Waals surface area (Å²) in [5.74, 6) is 0.831. The first-order valence-corrected chi connectivity index (χ1v) is 5.33. The van der Waals surface area contributed by atoms with E-state index in [4.69, 9.17) is 9.15 Å². The molecule has 0 spiro atoms. The monoisotopic (exact) mass is 267 g/mol. The van der Waals surface area contributed by atoms with Crippen molar-refractivity contribution in [2.75, 3.05) is 0 Å². The standard InChI is InChI=1S/C11H10BrNO2/c12-10-4-9(5-13-6-10)7-14-8-11-2-1-3-15-11/h1-6H,7-8H2. The van der Waals surface area contributed by atoms with Gasteiger partial charge in [0.1, 0.15) is 12.4 Å². The van der Waals surface area contributed by atoms with E-state index in [2.05, 4.69) is 20.9 Å². The van der Waals surface area contributed by atoms with E-state index in [1.54, 1.807) is 18.7 Å². The summed E-state index contributed by atoms with van der Waals surface area (Å²) in [6.07, 6.45) is 5.17. The molecule has 0 bridgehead atoms. The van der Waals surface area contributed by atoms with E-state index in [1.165, 1.54) is 0 Å². The molecule has 0 radical (unpaired) electrons. The molecule has 0 aromatic carbocycles. The molecule has 2 aromatic heterocycles. The Balaban J connectivity index is 1.83. The van der Waals surface area contributed by atoms with E-state index in [0.717, 1.165) is 15.8 Å². The average molecular weight is 268 g/mol. The number of pyridine rings is 1. The Morgan fingerprint density at radius 3 is 3.00 bits per heavy atom. The maximum Gasteiger partial charge on any atom is 0.129 e. The first-order valence-electron chi connectivity index (χ1n) is 4.54. The van der Waals surface area contributed by atoms with Gasteiger partial charge in [-0.15, -0.1) is 0 Å². The van der Waals surface area contributed by atoms with Gasteiger partial charge in [-0.25, -0.2) is 0 Å². The van der Waals surface area contributed by atoms with E-state index >= 15 is 0 Å². The van der Waals surface area contributed by atoms with Gasteiger partial charge in [-0.05, 0) is 39.7 Å². The minimum Gasteiger partial charge on any atom is -0.467 e. The highest BCUT2D eigenvalue weighted by Gasteiger charge is 1.98. The Morgan fingerprint density at radius 1 is 1.33 bits per heavy atom. The normalized spacial score (nSPS) is 10.5. The minimum atomic E-state index is 0.486. The van der Waals surface area contributed by atoms with Gasteiger partial charge in [-0.2, -0.15) is 0 Å². The van der Waals surface area contributed by atoms with Crippen LogP contribution < -0.4 is 0 Å². The fourth-order valence-electron chi connectivity index (χ4n) is 1.20. The average Bonchev–Trinajstić information content (AvgIpc) is 2.71. The van der Waals surface area contributed by atoms with Crippen molar-refractivity contribution in [2.24, 2.45) is 0 Å². The predicted octanol–water partition coefficient (Wildman–Crippen LogP) is 3.15. The second-order valence-electron chi connectivity index (χ2n) is 3.08. The molecule has 0 aliphatic rings. The van der Waals surface area contributed by atoms with Crippen LogP contribution in [-0.2, 0) is 18.0 Å². The van der Waals surface area contributed by atoms with Crippen molar-refractivity contribution in [3.05, 3.63) is 52.7 Å². The Kier molecular flexibility index (Phi) is 3.53. The third-order valence-corrected chi connectivity index (χ3v) is 2.29. The van der Waals surface area contributed by atoms with E-state index in [-0.39, 0.29) is 0 Å². The third kappa shape index (κ3) is 3.18. The highest BCUT2D eigenvalue weighted by Crippen LogP contribution is 2.11. The zero-order valence-electron chi connectivity index (χ0n) is 8.02. The third-order valence-electron chi connectivity index (χ3n) is 1.85. The maximum absolute atomic E-state index is 5.46. The number of ether oxygens (including phenoxy) is 1. The maximum atomic E-state index is 5.46. The Hall–Kier alpha value is -1.13. The largest absolute Gasteiger partial charge is 0.467 e. The van der Waals surface area contributed by atoms with Gasteiger partial charge in [0.2, 0.25) is 0 Å². The summed E-state index contributed by atoms with van der Waals surface area (Å²) in [4.78, 5) is 4.05. The molecule has 0 aliphatic carbocycles. The van der Waals surface area contributed by atoms with Crippen molar-refractivity contribution in [3.8, 4) is 0 Å². The molecule has 0 saturated carbocycles. The number of rotatable bonds is 4. The molecule has 0 unspecified atom stereocenters. The van der Waals surface area contributed by atoms with Crippen LogP contribution in [0, 0.1) is 0 Å². The van der Waals surface area contributed by atoms with Crippen molar-refractivity contribution in [3.63, 3.8) is 0 Å². The van der Waals surface area contributed by atoms with Crippen LogP contribution in [0.4, 0.5) is 0 Å². The molecule has 2 aromatic rings. The van der Waals surface area contributed by atoms with Crippen LogP contribution in [-0.4, -0.2) is 4.98 Å². The number of hydrogen-bond acceptors (Lipinski definition) is 3. The van der Waals surface area contributed by atoms with Gasteiger partial charge in [-0.3, -0.25) is 4.98 Å². The fourth-order valence-corrected chi connectivity index (χ4v) is 1.61. The summed E-state index contributed by atoms with van der Waals surface area (Å²) < 4.78 is 11.6. The summed E-state index contributed by atoms with van der Waals surface area (Å²) in [7, 11) is 0. The molecule has 0 saturated heterocycles. The summed E-state index contributed by atoms with van der Waals surface area (Å²) in [6.45, 7) is 1.02. The van der Waals surface area contributed by atoms with E-state index in [9.17, 15) is 0 Å². The summed E-state index contributed by atoms with van der Waals surface area (Å²) in [5.41, 5.74) is 1.04. The molecular formula is C11H10BrNO2. The van der Waals surface area contributed by atoms with Gasteiger partial charge in [0.15, 0.2) is 0 Å². The van der Waals surface area contributed by atoms with Crippen molar-refractivity contribution in [2.45, 2.75) is 13.2 Å². The second kappa shape index (κ2) is 5.09. The molecule has 4 heteroatoms. The lowest BCUT2D eigenvalue weighted by atomic mass is 10.3. The Bertz CT molecular complexity index is 414. The van der Waals surface area contributed by atoms with Crippen LogP contribution in [0.25, 0.3) is 0 Å². The fraction of sp³-hybridized carbons (Fsp3) is 0.182. The summed E-state index contributed by atoms with van der Waals surface area (Å²) in [6, 6.07) is 5.72. The van der Waals surface area contributed by atoms with E-state index in [0.29, 0.717) is 13.2 Å². The highest BCUT2D eigenvalue weighted by molar-refractivity contribution is 9.10. The molecule has 0 atom stereocenters. The molecule has 0 amide bonds. The zero-order chi connectivity index (χ0) is 10.5. The van der Waals surface area contributed by atoms with Crippen LogP contribution in [0.5, 0.6) is 0 Å². The molecule has 78 valence electrons. The van der Waals surface area contributed by atoms with Crippen LogP contribution in [0.3, 0.4) is 0 Å². The topological polar surface area (TPSA) is 35.3 Å². The first-order chi connectivity index (χ1) is 7.34. The quantitative estimate of drug-likeness (QED) is 0.854. The first kappa shape index (κ1) is 10.4. The lowest BCUT2D eigenvalue weighted by Crippen LogP contribution is -1.93. The smallest absolute Gasteiger partial charge is 0.129 e. The molecule has 0 N–H and O–H groups in total. The number of nitrogens with zero attached hydrogens (tertiary/aromatic N) is 1. The number of aromatic nitrogens is 1. The van der Waals surface area contributed by atoms with Crippen LogP contribution in [0.15, 0.2) is 45.7 Å². The van der Waals surface area contributed by atoms with Gasteiger partial charge in [0, 0.05) is 16.9 Å². The van der Waals surface area contributed by atoms with Gasteiger partial charge < -0.3 is 9.15 Å². The minimum absolute atomic E-state index is 0.486. The molecule has 0 aliphatic heterocycles. The molecule has 3 nitrogen and oxygen atoms in total. The van der Waals surface area contributed by atoms with Crippen LogP contribution in [0.2, 0.25) is 0 Å². The van der Waals surface area contributed by atoms with E-state index in [1.807, 2.05) is 18.2 Å². The number of furan rings is 1. The summed E-state index contributed by atoms with van der Waals surface area (Å²) in [5, 5.41) is 0. The lowest BCUT2D eigenvalue weighted by molar-refractivity contribution is 0.0927. The van der Waals surface area contributed by atoms with Crippen LogP contribution >= 0.6 is 15.9 Å². The zero-order valence-corrected chi connectivity index (χ0v) is 9.61. The number of halogens is 1. The van der Waals surface area contributed by atoms with Gasteiger partial charge in [0.25, 0.3) is 0 Å². The van der Waals surface area contributed by atoms with Gasteiger partial charge in [-0.1, -0.05) is 0 Å². The van der Waals surface area contributed by atoms with Crippen molar-refractivity contribution >= 4 is 15.9 Å². The molecule has 0 fully saturated rings. The molecule has 2 heterocycles. The molecular weight excluding hydrogens is 258 g/mol. The SMILES string of the molecule is Brc1cncc(COCc2ccco2)c1. The van der Waals surface area contributed by atoms with Crippen molar-refractivity contribution in [1.29, 1.82) is 0 Å². The molecule has 2 rings (SSSR count). The van der Waals surface area contributed by atoms with Crippen molar-refractivity contribution < 1.29 is 9.15 Å². The second-order valence-corrected chi connectivity index (χ2v) is 4.00. The van der Waals surface area contributed by atoms with Crippen LogP contribution in [0.1, 0.15) is 11.3 Å². The van der Waals surface area contributed by atoms with Gasteiger partial charge >= 0.3 is 0 Å². The van der Waals surface area contributed by atoms with Crippen molar-refractivity contribution in [1.82, 2.24) is 4.98 Å². The Labute approximate surface area is 96.2 Å². The molecule has 15 heavy (non-hydrogen) atoms. The summed E-state index contributed by atoms with van der Waals surface area (Å²) >= 11 is 3.36. The van der Waals surface area contributed by atoms with E-state index < -0.39 is 0 Å². The lowest BCUT2D eigenvalue weighted by Gasteiger charge is -2.02. The number of hydrogen-bond donors (Lipinski definition) is 0.